The van der Waals surface area contributed by atoms with E-state index in [2.05, 4.69) is 29.4 Å². The maximum atomic E-state index is 14.2. The molecule has 0 amide bonds. The summed E-state index contributed by atoms with van der Waals surface area (Å²) >= 11 is 0. The minimum Gasteiger partial charge on any atom is -0.466 e. The average Bonchev–Trinajstić information content (AvgIpc) is 2.76. The number of nitrogens with zero attached hydrogens (tertiary/aromatic N) is 4. The standard InChI is InChI=1S/C22H21FN4O4/c1-30-19(28)11-14-5-3-7-16(9-14)25-21-18(23)13-24-22(27-21)26-17-8-4-6-15(10-17)12-20(29)31-2/h3-4,7-8,11-13H,5-6,9-10H2,1-2H3. The highest BCUT2D eigenvalue weighted by Gasteiger charge is 2.13. The highest BCUT2D eigenvalue weighted by molar-refractivity contribution is 6.01. The smallest absolute Gasteiger partial charge is 0.330 e. The van der Waals surface area contributed by atoms with Gasteiger partial charge in [-0.05, 0) is 25.0 Å². The molecular formula is C22H21FN4O4. The van der Waals surface area contributed by atoms with E-state index in [1.807, 2.05) is 12.2 Å². The fraction of sp³-hybridized carbons (Fsp3) is 0.273. The van der Waals surface area contributed by atoms with Crippen LogP contribution in [0.2, 0.25) is 0 Å². The van der Waals surface area contributed by atoms with Crippen LogP contribution in [0.25, 0.3) is 0 Å². The second kappa shape index (κ2) is 10.3. The highest BCUT2D eigenvalue weighted by Crippen LogP contribution is 2.23. The molecule has 9 heteroatoms. The Morgan fingerprint density at radius 3 is 2.06 bits per heavy atom. The molecule has 0 unspecified atom stereocenters. The lowest BCUT2D eigenvalue weighted by atomic mass is 9.99. The van der Waals surface area contributed by atoms with Crippen molar-refractivity contribution in [3.8, 4) is 0 Å². The van der Waals surface area contributed by atoms with Gasteiger partial charge in [-0.1, -0.05) is 23.3 Å². The van der Waals surface area contributed by atoms with E-state index in [0.29, 0.717) is 37.1 Å². The number of aliphatic imine (C=N–C) groups is 2. The second-order valence-corrected chi connectivity index (χ2v) is 6.77. The Bertz CT molecular complexity index is 1070. The van der Waals surface area contributed by atoms with Crippen molar-refractivity contribution in [3.05, 3.63) is 59.6 Å². The van der Waals surface area contributed by atoms with Crippen LogP contribution in [0.4, 0.5) is 16.2 Å². The minimum absolute atomic E-state index is 0.0600. The predicted molar refractivity (Wildman–Crippen MR) is 113 cm³/mol. The molecule has 31 heavy (non-hydrogen) atoms. The summed E-state index contributed by atoms with van der Waals surface area (Å²) in [7, 11) is 2.63. The van der Waals surface area contributed by atoms with Crippen LogP contribution in [0.5, 0.6) is 0 Å². The molecule has 1 aromatic rings. The van der Waals surface area contributed by atoms with Gasteiger partial charge in [-0.2, -0.15) is 4.98 Å². The van der Waals surface area contributed by atoms with Gasteiger partial charge in [0.25, 0.3) is 5.95 Å². The molecule has 160 valence electrons. The molecule has 0 saturated carbocycles. The van der Waals surface area contributed by atoms with Gasteiger partial charge in [-0.15, -0.1) is 0 Å². The average molecular weight is 424 g/mol. The van der Waals surface area contributed by atoms with Crippen LogP contribution >= 0.6 is 0 Å². The third-order valence-corrected chi connectivity index (χ3v) is 4.45. The van der Waals surface area contributed by atoms with Gasteiger partial charge in [0, 0.05) is 36.4 Å². The number of esters is 2. The quantitative estimate of drug-likeness (QED) is 0.540. The van der Waals surface area contributed by atoms with Crippen molar-refractivity contribution in [1.82, 2.24) is 9.97 Å². The van der Waals surface area contributed by atoms with E-state index in [0.717, 1.165) is 17.3 Å². The number of halogens is 1. The van der Waals surface area contributed by atoms with E-state index >= 15 is 0 Å². The molecule has 0 saturated heterocycles. The van der Waals surface area contributed by atoms with Crippen LogP contribution in [-0.2, 0) is 19.1 Å². The Balaban J connectivity index is 1.82. The van der Waals surface area contributed by atoms with Gasteiger partial charge in [-0.25, -0.2) is 28.9 Å². The molecule has 0 aromatic carbocycles. The lowest BCUT2D eigenvalue weighted by Crippen LogP contribution is -2.06. The number of rotatable bonds is 4. The molecule has 0 radical (unpaired) electrons. The van der Waals surface area contributed by atoms with Crippen LogP contribution in [0.3, 0.4) is 0 Å². The zero-order chi connectivity index (χ0) is 22.2. The molecule has 2 aliphatic carbocycles. The molecule has 0 N–H and O–H groups in total. The van der Waals surface area contributed by atoms with Crippen molar-refractivity contribution in [2.45, 2.75) is 25.7 Å². The monoisotopic (exact) mass is 424 g/mol. The molecule has 0 spiro atoms. The Kier molecular flexibility index (Phi) is 7.31. The first-order valence-electron chi connectivity index (χ1n) is 9.52. The van der Waals surface area contributed by atoms with Gasteiger partial charge in [0.15, 0.2) is 11.6 Å². The molecule has 0 fully saturated rings. The summed E-state index contributed by atoms with van der Waals surface area (Å²) < 4.78 is 23.5. The summed E-state index contributed by atoms with van der Waals surface area (Å²) in [4.78, 5) is 39.5. The number of allylic oxidation sites excluding steroid dienone is 6. The van der Waals surface area contributed by atoms with Crippen LogP contribution in [0.1, 0.15) is 25.7 Å². The Morgan fingerprint density at radius 1 is 0.968 bits per heavy atom. The summed E-state index contributed by atoms with van der Waals surface area (Å²) in [6.45, 7) is 0. The van der Waals surface area contributed by atoms with Gasteiger partial charge in [0.1, 0.15) is 0 Å². The third-order valence-electron chi connectivity index (χ3n) is 4.45. The molecule has 3 rings (SSSR count). The van der Waals surface area contributed by atoms with Crippen molar-refractivity contribution < 1.29 is 23.5 Å². The second-order valence-electron chi connectivity index (χ2n) is 6.77. The molecule has 1 heterocycles. The summed E-state index contributed by atoms with van der Waals surface area (Å²) in [5.41, 5.74) is 2.83. The Morgan fingerprint density at radius 2 is 1.52 bits per heavy atom. The van der Waals surface area contributed by atoms with E-state index in [-0.39, 0.29) is 11.8 Å². The number of carbonyl (C=O) groups is 2. The zero-order valence-corrected chi connectivity index (χ0v) is 17.2. The fourth-order valence-electron chi connectivity index (χ4n) is 2.99. The Labute approximate surface area is 178 Å². The first kappa shape index (κ1) is 21.9. The Hall–Kier alpha value is -3.75. The SMILES string of the molecule is COC(=O)C=C1CC=CC(=Nc2ncc(F)c(N=C3C=CCC(=CC(=O)OC)C3)n2)C1. The molecule has 1 aromatic heterocycles. The number of hydrogen-bond donors (Lipinski definition) is 0. The van der Waals surface area contributed by atoms with Gasteiger partial charge in [0.05, 0.1) is 20.4 Å². The molecule has 0 aliphatic heterocycles. The summed E-state index contributed by atoms with van der Waals surface area (Å²) in [5, 5.41) is 0. The van der Waals surface area contributed by atoms with E-state index in [4.69, 9.17) is 0 Å². The van der Waals surface area contributed by atoms with Gasteiger partial charge >= 0.3 is 11.9 Å². The lowest BCUT2D eigenvalue weighted by molar-refractivity contribution is -0.135. The molecular weight excluding hydrogens is 403 g/mol. The van der Waals surface area contributed by atoms with Crippen LogP contribution < -0.4 is 0 Å². The summed E-state index contributed by atoms with van der Waals surface area (Å²) in [6.07, 6.45) is 13.1. The van der Waals surface area contributed by atoms with Crippen molar-refractivity contribution in [3.63, 3.8) is 0 Å². The van der Waals surface area contributed by atoms with Crippen molar-refractivity contribution in [1.29, 1.82) is 0 Å². The van der Waals surface area contributed by atoms with Crippen molar-refractivity contribution in [2.24, 2.45) is 9.98 Å². The number of hydrogen-bond acceptors (Lipinski definition) is 8. The minimum atomic E-state index is -0.681. The number of carbonyl (C=O) groups excluding carboxylic acids is 2. The van der Waals surface area contributed by atoms with Crippen molar-refractivity contribution in [2.75, 3.05) is 14.2 Å². The largest absolute Gasteiger partial charge is 0.466 e. The lowest BCUT2D eigenvalue weighted by Gasteiger charge is -2.11. The molecule has 2 aliphatic rings. The van der Waals surface area contributed by atoms with E-state index in [9.17, 15) is 14.0 Å². The predicted octanol–water partition coefficient (Wildman–Crippen LogP) is 3.66. The number of ether oxygens (including phenoxy) is 2. The van der Waals surface area contributed by atoms with Crippen LogP contribution in [-0.4, -0.2) is 47.5 Å². The van der Waals surface area contributed by atoms with E-state index < -0.39 is 17.8 Å². The zero-order valence-electron chi connectivity index (χ0n) is 17.2. The van der Waals surface area contributed by atoms with Gasteiger partial charge in [-0.3, -0.25) is 0 Å². The maximum absolute atomic E-state index is 14.2. The summed E-state index contributed by atoms with van der Waals surface area (Å²) in [5.74, 6) is -1.64. The topological polar surface area (TPSA) is 103 Å². The normalized spacial score (nSPS) is 21.1. The fourth-order valence-corrected chi connectivity index (χ4v) is 2.99. The molecule has 8 nitrogen and oxygen atoms in total. The molecule has 0 bridgehead atoms. The van der Waals surface area contributed by atoms with Crippen LogP contribution in [0.15, 0.2) is 63.8 Å². The first-order chi connectivity index (χ1) is 15.0. The van der Waals surface area contributed by atoms with Crippen LogP contribution in [0, 0.1) is 5.82 Å². The number of aromatic nitrogens is 2. The first-order valence-corrected chi connectivity index (χ1v) is 9.52. The summed E-state index contributed by atoms with van der Waals surface area (Å²) in [6, 6.07) is 0. The highest BCUT2D eigenvalue weighted by atomic mass is 19.1. The van der Waals surface area contributed by atoms with E-state index in [1.165, 1.54) is 26.4 Å². The van der Waals surface area contributed by atoms with Crippen molar-refractivity contribution >= 4 is 35.1 Å². The third kappa shape index (κ3) is 6.36. The van der Waals surface area contributed by atoms with Gasteiger partial charge in [0.2, 0.25) is 0 Å². The molecule has 0 atom stereocenters. The number of methoxy groups -OCH3 is 2. The maximum Gasteiger partial charge on any atom is 0.330 e. The van der Waals surface area contributed by atoms with Gasteiger partial charge < -0.3 is 9.47 Å². The van der Waals surface area contributed by atoms with E-state index in [1.54, 1.807) is 12.2 Å².